The predicted octanol–water partition coefficient (Wildman–Crippen LogP) is 3.75. The zero-order chi connectivity index (χ0) is 29.7. The third-order valence-electron chi connectivity index (χ3n) is 8.45. The summed E-state index contributed by atoms with van der Waals surface area (Å²) in [6, 6.07) is 16.1. The van der Waals surface area contributed by atoms with Crippen molar-refractivity contribution < 1.29 is 29.4 Å². The third-order valence-corrected chi connectivity index (χ3v) is 12.0. The predicted molar refractivity (Wildman–Crippen MR) is 161 cm³/mol. The zero-order valence-corrected chi connectivity index (χ0v) is 26.3. The van der Waals surface area contributed by atoms with Gasteiger partial charge in [-0.3, -0.25) is 0 Å². The second kappa shape index (κ2) is 13.5. The largest absolute Gasteiger partial charge is 0.383 e. The Bertz CT molecular complexity index is 1450. The summed E-state index contributed by atoms with van der Waals surface area (Å²) in [6.07, 6.45) is 7.51. The fourth-order valence-corrected chi connectivity index (χ4v) is 8.89. The van der Waals surface area contributed by atoms with E-state index in [9.17, 15) is 25.3 Å². The van der Waals surface area contributed by atoms with Crippen LogP contribution in [0.5, 0.6) is 5.75 Å². The van der Waals surface area contributed by atoms with Crippen molar-refractivity contribution in [1.29, 1.82) is 0 Å². The summed E-state index contributed by atoms with van der Waals surface area (Å²) in [5.41, 5.74) is 1.32. The summed E-state index contributed by atoms with van der Waals surface area (Å²) in [4.78, 5) is 2.65. The molecule has 2 aliphatic rings. The van der Waals surface area contributed by atoms with E-state index in [2.05, 4.69) is 29.2 Å². The Kier molecular flexibility index (Phi) is 10.5. The maximum Gasteiger partial charge on any atom is 0.306 e. The summed E-state index contributed by atoms with van der Waals surface area (Å²) in [5.74, 6) is 1.33. The molecule has 9 nitrogen and oxygen atoms in total. The van der Waals surface area contributed by atoms with Gasteiger partial charge in [0.05, 0.1) is 23.2 Å². The summed E-state index contributed by atoms with van der Waals surface area (Å²) in [7, 11) is -10.3. The van der Waals surface area contributed by atoms with E-state index < -0.39 is 30.0 Å². The Labute approximate surface area is 246 Å². The Balaban J connectivity index is 1.26. The van der Waals surface area contributed by atoms with Crippen molar-refractivity contribution in [3.63, 3.8) is 0 Å². The first-order valence-electron chi connectivity index (χ1n) is 14.2. The molecule has 0 N–H and O–H groups in total. The monoisotopic (exact) mass is 626 g/mol. The molecule has 0 bridgehead atoms. The number of nitrogens with zero attached hydrogens (tertiary/aromatic N) is 2. The van der Waals surface area contributed by atoms with Gasteiger partial charge in [-0.1, -0.05) is 30.3 Å². The van der Waals surface area contributed by atoms with Crippen LogP contribution in [0.2, 0.25) is 0 Å². The number of piperidine rings is 2. The molecule has 0 aromatic heterocycles. The van der Waals surface area contributed by atoms with Gasteiger partial charge in [-0.2, -0.15) is 8.42 Å². The molecule has 0 amide bonds. The molecular formula is C29H42N2O7S3. The molecule has 2 aromatic carbocycles. The second-order valence-electron chi connectivity index (χ2n) is 11.5. The number of hydrogen-bond donors (Lipinski definition) is 0. The van der Waals surface area contributed by atoms with Crippen LogP contribution in [0.3, 0.4) is 0 Å². The standard InChI is InChI=1S/C29H42N2O7S3/c1-39(32,33)31-21-14-26(15-22-31)29(25-6-4-3-5-7-25)16-20-30-18-12-24(13-19-30)17-23-41(36,37)28-10-8-27(9-11-28)38-40(2,34)35/h3-11,24,26,29H,12-23H2,1-2H3/t29-/m0/s1. The van der Waals surface area contributed by atoms with Crippen LogP contribution < -0.4 is 4.18 Å². The van der Waals surface area contributed by atoms with Gasteiger partial charge in [0.2, 0.25) is 10.0 Å². The highest BCUT2D eigenvalue weighted by Crippen LogP contribution is 2.36. The number of benzene rings is 2. The van der Waals surface area contributed by atoms with Gasteiger partial charge in [0, 0.05) is 13.1 Å². The van der Waals surface area contributed by atoms with Crippen molar-refractivity contribution in [1.82, 2.24) is 9.21 Å². The van der Waals surface area contributed by atoms with E-state index in [-0.39, 0.29) is 16.4 Å². The maximum atomic E-state index is 12.9. The summed E-state index contributed by atoms with van der Waals surface area (Å²) in [5, 5.41) is 0. The Morgan fingerprint density at radius 1 is 0.805 bits per heavy atom. The molecule has 2 heterocycles. The van der Waals surface area contributed by atoms with E-state index in [1.165, 1.54) is 36.1 Å². The van der Waals surface area contributed by atoms with E-state index in [0.29, 0.717) is 37.3 Å². The molecule has 2 aliphatic heterocycles. The highest BCUT2D eigenvalue weighted by atomic mass is 32.2. The van der Waals surface area contributed by atoms with Gasteiger partial charge in [0.1, 0.15) is 5.75 Å². The molecule has 0 unspecified atom stereocenters. The summed E-state index contributed by atoms with van der Waals surface area (Å²) in [6.45, 7) is 4.02. The number of likely N-dealkylation sites (tertiary alicyclic amines) is 1. The lowest BCUT2D eigenvalue weighted by atomic mass is 9.78. The smallest absolute Gasteiger partial charge is 0.306 e. The van der Waals surface area contributed by atoms with Crippen molar-refractivity contribution in [3.05, 3.63) is 60.2 Å². The van der Waals surface area contributed by atoms with Gasteiger partial charge < -0.3 is 9.08 Å². The molecule has 2 saturated heterocycles. The molecule has 41 heavy (non-hydrogen) atoms. The Hall–Kier alpha value is -1.99. The van der Waals surface area contributed by atoms with Gasteiger partial charge in [-0.25, -0.2) is 21.1 Å². The van der Waals surface area contributed by atoms with E-state index >= 15 is 0 Å². The highest BCUT2D eigenvalue weighted by Gasteiger charge is 2.31. The van der Waals surface area contributed by atoms with Crippen LogP contribution >= 0.6 is 0 Å². The fourth-order valence-electron chi connectivity index (χ4n) is 6.12. The Morgan fingerprint density at radius 3 is 1.98 bits per heavy atom. The first-order chi connectivity index (χ1) is 19.3. The van der Waals surface area contributed by atoms with Gasteiger partial charge in [-0.05, 0) is 106 Å². The van der Waals surface area contributed by atoms with Crippen LogP contribution in [0.15, 0.2) is 59.5 Å². The molecule has 0 aliphatic carbocycles. The minimum absolute atomic E-state index is 0.0617. The van der Waals surface area contributed by atoms with Gasteiger partial charge in [0.15, 0.2) is 9.84 Å². The average molecular weight is 627 g/mol. The molecule has 0 spiro atoms. The van der Waals surface area contributed by atoms with Crippen LogP contribution in [-0.4, -0.2) is 85.4 Å². The van der Waals surface area contributed by atoms with Crippen LogP contribution in [0.4, 0.5) is 0 Å². The van der Waals surface area contributed by atoms with Crippen molar-refractivity contribution >= 4 is 30.0 Å². The zero-order valence-electron chi connectivity index (χ0n) is 23.9. The topological polar surface area (TPSA) is 118 Å². The van der Waals surface area contributed by atoms with Crippen LogP contribution in [-0.2, 0) is 30.0 Å². The third kappa shape index (κ3) is 9.51. The molecule has 4 rings (SSSR count). The van der Waals surface area contributed by atoms with E-state index in [0.717, 1.165) is 58.0 Å². The second-order valence-corrected chi connectivity index (χ2v) is 17.1. The molecular weight excluding hydrogens is 585 g/mol. The van der Waals surface area contributed by atoms with Gasteiger partial charge in [-0.15, -0.1) is 0 Å². The molecule has 12 heteroatoms. The van der Waals surface area contributed by atoms with Crippen LogP contribution in [0.1, 0.15) is 50.0 Å². The molecule has 1 atom stereocenters. The quantitative estimate of drug-likeness (QED) is 0.327. The van der Waals surface area contributed by atoms with Gasteiger partial charge >= 0.3 is 10.1 Å². The molecule has 0 radical (unpaired) electrons. The van der Waals surface area contributed by atoms with E-state index in [1.54, 1.807) is 4.31 Å². The number of sulfone groups is 1. The van der Waals surface area contributed by atoms with Crippen LogP contribution in [0.25, 0.3) is 0 Å². The molecule has 2 aromatic rings. The van der Waals surface area contributed by atoms with Gasteiger partial charge in [0.25, 0.3) is 0 Å². The number of sulfonamides is 1. The van der Waals surface area contributed by atoms with E-state index in [4.69, 9.17) is 4.18 Å². The van der Waals surface area contributed by atoms with E-state index in [1.807, 2.05) is 6.07 Å². The SMILES string of the molecule is CS(=O)(=O)Oc1ccc(S(=O)(=O)CCC2CCN(CC[C@@H](c3ccccc3)C3CCN(S(C)(=O)=O)CC3)CC2)cc1. The minimum Gasteiger partial charge on any atom is -0.383 e. The highest BCUT2D eigenvalue weighted by molar-refractivity contribution is 7.91. The average Bonchev–Trinajstić information content (AvgIpc) is 2.92. The van der Waals surface area contributed by atoms with Crippen molar-refractivity contribution in [3.8, 4) is 5.75 Å². The fraction of sp³-hybridized carbons (Fsp3) is 0.586. The summed E-state index contributed by atoms with van der Waals surface area (Å²) < 4.78 is 78.6. The Morgan fingerprint density at radius 2 is 1.41 bits per heavy atom. The lowest BCUT2D eigenvalue weighted by Gasteiger charge is -2.37. The molecule has 2 fully saturated rings. The minimum atomic E-state index is -3.67. The first-order valence-corrected chi connectivity index (χ1v) is 19.6. The van der Waals surface area contributed by atoms with Crippen molar-refractivity contribution in [2.45, 2.75) is 49.3 Å². The lowest BCUT2D eigenvalue weighted by Crippen LogP contribution is -2.40. The summed E-state index contributed by atoms with van der Waals surface area (Å²) >= 11 is 0. The number of hydrogen-bond acceptors (Lipinski definition) is 8. The van der Waals surface area contributed by atoms with Crippen LogP contribution in [0, 0.1) is 11.8 Å². The molecule has 228 valence electrons. The van der Waals surface area contributed by atoms with Crippen molar-refractivity contribution in [2.75, 3.05) is 51.0 Å². The maximum absolute atomic E-state index is 12.9. The lowest BCUT2D eigenvalue weighted by molar-refractivity contribution is 0.164. The normalized spacial score (nSPS) is 19.7. The first kappa shape index (κ1) is 31.9. The number of rotatable bonds is 12. The van der Waals surface area contributed by atoms with Crippen molar-refractivity contribution in [2.24, 2.45) is 11.8 Å². The molecule has 0 saturated carbocycles.